The molecule has 106 valence electrons. The molecular formula is C16H32N2. The van der Waals surface area contributed by atoms with Gasteiger partial charge in [0.25, 0.3) is 0 Å². The predicted molar refractivity (Wildman–Crippen MR) is 78.9 cm³/mol. The first kappa shape index (κ1) is 14.3. The minimum atomic E-state index is 0.335. The molecule has 18 heavy (non-hydrogen) atoms. The molecule has 1 spiro atoms. The number of hydrogen-bond donors (Lipinski definition) is 1. The number of piperazine rings is 1. The lowest BCUT2D eigenvalue weighted by molar-refractivity contribution is 0.00192. The van der Waals surface area contributed by atoms with Crippen LogP contribution in [0.1, 0.15) is 66.2 Å². The second-order valence-corrected chi connectivity index (χ2v) is 7.09. The summed E-state index contributed by atoms with van der Waals surface area (Å²) in [7, 11) is 0. The molecule has 2 heteroatoms. The Morgan fingerprint density at radius 2 is 1.89 bits per heavy atom. The van der Waals surface area contributed by atoms with Crippen LogP contribution in [0, 0.1) is 5.92 Å². The molecule has 1 N–H and O–H groups in total. The number of nitrogens with zero attached hydrogens (tertiary/aromatic N) is 1. The summed E-state index contributed by atoms with van der Waals surface area (Å²) in [4.78, 5) is 2.86. The van der Waals surface area contributed by atoms with Crippen molar-refractivity contribution >= 4 is 0 Å². The van der Waals surface area contributed by atoms with Gasteiger partial charge in [0.2, 0.25) is 0 Å². The van der Waals surface area contributed by atoms with Crippen molar-refractivity contribution in [2.45, 2.75) is 77.3 Å². The number of nitrogens with one attached hydrogen (secondary N) is 1. The lowest BCUT2D eigenvalue weighted by atomic mass is 9.84. The smallest absolute Gasteiger partial charge is 0.0335 e. The van der Waals surface area contributed by atoms with Gasteiger partial charge in [-0.15, -0.1) is 0 Å². The van der Waals surface area contributed by atoms with Gasteiger partial charge in [0, 0.05) is 30.7 Å². The van der Waals surface area contributed by atoms with Crippen molar-refractivity contribution in [1.29, 1.82) is 0 Å². The molecule has 2 rings (SSSR count). The highest BCUT2D eigenvalue weighted by Crippen LogP contribution is 2.39. The fourth-order valence-corrected chi connectivity index (χ4v) is 3.66. The first-order valence-electron chi connectivity index (χ1n) is 8.04. The minimum Gasteiger partial charge on any atom is -0.308 e. The first-order chi connectivity index (χ1) is 8.53. The van der Waals surface area contributed by atoms with Crippen molar-refractivity contribution in [2.75, 3.05) is 19.6 Å². The summed E-state index contributed by atoms with van der Waals surface area (Å²) in [6.07, 6.45) is 8.23. The van der Waals surface area contributed by atoms with Crippen LogP contribution >= 0.6 is 0 Å². The van der Waals surface area contributed by atoms with Gasteiger partial charge in [-0.05, 0) is 32.1 Å². The maximum Gasteiger partial charge on any atom is 0.0335 e. The molecule has 1 saturated carbocycles. The van der Waals surface area contributed by atoms with E-state index >= 15 is 0 Å². The standard InChI is InChI=1S/C16H32N2/c1-5-14(3)11-18-13-15(4,6-2)17-12-16(18)9-7-8-10-16/h14,17H,5-13H2,1-4H3. The van der Waals surface area contributed by atoms with E-state index < -0.39 is 0 Å². The minimum absolute atomic E-state index is 0.335. The lowest BCUT2D eigenvalue weighted by Crippen LogP contribution is -2.68. The maximum absolute atomic E-state index is 3.86. The normalized spacial score (nSPS) is 34.0. The van der Waals surface area contributed by atoms with Crippen LogP contribution in [0.3, 0.4) is 0 Å². The molecule has 0 aromatic heterocycles. The van der Waals surface area contributed by atoms with Crippen LogP contribution in [0.4, 0.5) is 0 Å². The molecule has 1 aliphatic carbocycles. The van der Waals surface area contributed by atoms with Gasteiger partial charge in [-0.1, -0.05) is 40.0 Å². The SMILES string of the molecule is CCC(C)CN1CC(C)(CC)NCC12CCCC2. The Morgan fingerprint density at radius 3 is 2.44 bits per heavy atom. The van der Waals surface area contributed by atoms with Crippen LogP contribution in [0.2, 0.25) is 0 Å². The second kappa shape index (κ2) is 5.50. The second-order valence-electron chi connectivity index (χ2n) is 7.09. The zero-order valence-electron chi connectivity index (χ0n) is 12.9. The van der Waals surface area contributed by atoms with E-state index in [0.29, 0.717) is 11.1 Å². The Balaban J connectivity index is 2.10. The van der Waals surface area contributed by atoms with Crippen molar-refractivity contribution in [3.8, 4) is 0 Å². The molecule has 2 atom stereocenters. The lowest BCUT2D eigenvalue weighted by Gasteiger charge is -2.53. The first-order valence-corrected chi connectivity index (χ1v) is 8.04. The van der Waals surface area contributed by atoms with Gasteiger partial charge < -0.3 is 5.32 Å². The Hall–Kier alpha value is -0.0800. The fraction of sp³-hybridized carbons (Fsp3) is 1.00. The molecule has 1 heterocycles. The molecule has 2 fully saturated rings. The van der Waals surface area contributed by atoms with Crippen LogP contribution < -0.4 is 5.32 Å². The van der Waals surface area contributed by atoms with Crippen molar-refractivity contribution in [3.05, 3.63) is 0 Å². The van der Waals surface area contributed by atoms with Crippen LogP contribution in [0.15, 0.2) is 0 Å². The van der Waals surface area contributed by atoms with Crippen molar-refractivity contribution in [1.82, 2.24) is 10.2 Å². The summed E-state index contributed by atoms with van der Waals surface area (Å²) < 4.78 is 0. The largest absolute Gasteiger partial charge is 0.308 e. The zero-order valence-corrected chi connectivity index (χ0v) is 12.9. The van der Waals surface area contributed by atoms with Crippen LogP contribution in [0.25, 0.3) is 0 Å². The highest BCUT2D eigenvalue weighted by molar-refractivity contribution is 5.05. The van der Waals surface area contributed by atoms with E-state index in [1.165, 1.54) is 58.2 Å². The van der Waals surface area contributed by atoms with Crippen molar-refractivity contribution in [3.63, 3.8) is 0 Å². The van der Waals surface area contributed by atoms with E-state index in [0.717, 1.165) is 5.92 Å². The van der Waals surface area contributed by atoms with Gasteiger partial charge in [-0.3, -0.25) is 4.90 Å². The third-order valence-electron chi connectivity index (χ3n) is 5.60. The van der Waals surface area contributed by atoms with Gasteiger partial charge in [0.05, 0.1) is 0 Å². The Bertz CT molecular complexity index is 270. The van der Waals surface area contributed by atoms with Crippen LogP contribution in [-0.4, -0.2) is 35.6 Å². The molecule has 0 bridgehead atoms. The van der Waals surface area contributed by atoms with Gasteiger partial charge >= 0.3 is 0 Å². The average molecular weight is 252 g/mol. The zero-order chi connectivity index (χ0) is 13.2. The van der Waals surface area contributed by atoms with Gasteiger partial charge in [0.1, 0.15) is 0 Å². The van der Waals surface area contributed by atoms with E-state index in [2.05, 4.69) is 37.9 Å². The summed E-state index contributed by atoms with van der Waals surface area (Å²) in [5.74, 6) is 0.835. The molecular weight excluding hydrogens is 220 g/mol. The monoisotopic (exact) mass is 252 g/mol. The molecule has 1 saturated heterocycles. The van der Waals surface area contributed by atoms with E-state index in [1.54, 1.807) is 0 Å². The fourth-order valence-electron chi connectivity index (χ4n) is 3.66. The maximum atomic E-state index is 3.86. The van der Waals surface area contributed by atoms with Crippen molar-refractivity contribution < 1.29 is 0 Å². The Morgan fingerprint density at radius 1 is 1.22 bits per heavy atom. The molecule has 2 aliphatic rings. The van der Waals surface area contributed by atoms with E-state index in [-0.39, 0.29) is 0 Å². The van der Waals surface area contributed by atoms with Crippen LogP contribution in [0.5, 0.6) is 0 Å². The summed E-state index contributed by atoms with van der Waals surface area (Å²) >= 11 is 0. The Labute approximate surface area is 114 Å². The van der Waals surface area contributed by atoms with Gasteiger partial charge in [-0.25, -0.2) is 0 Å². The highest BCUT2D eigenvalue weighted by Gasteiger charge is 2.46. The topological polar surface area (TPSA) is 15.3 Å². The molecule has 2 unspecified atom stereocenters. The summed E-state index contributed by atoms with van der Waals surface area (Å²) in [6.45, 7) is 13.2. The molecule has 0 amide bonds. The van der Waals surface area contributed by atoms with E-state index in [1.807, 2.05) is 0 Å². The van der Waals surface area contributed by atoms with Gasteiger partial charge in [0.15, 0.2) is 0 Å². The highest BCUT2D eigenvalue weighted by atomic mass is 15.3. The number of rotatable bonds is 4. The Kier molecular flexibility index (Phi) is 4.38. The molecule has 0 aromatic rings. The number of hydrogen-bond acceptors (Lipinski definition) is 2. The molecule has 0 aromatic carbocycles. The van der Waals surface area contributed by atoms with E-state index in [9.17, 15) is 0 Å². The summed E-state index contributed by atoms with van der Waals surface area (Å²) in [5, 5.41) is 3.86. The quantitative estimate of drug-likeness (QED) is 0.825. The third kappa shape index (κ3) is 2.75. The predicted octanol–water partition coefficient (Wildman–Crippen LogP) is 3.42. The van der Waals surface area contributed by atoms with Crippen molar-refractivity contribution in [2.24, 2.45) is 5.92 Å². The molecule has 0 radical (unpaired) electrons. The summed E-state index contributed by atoms with van der Waals surface area (Å²) in [5.41, 5.74) is 0.833. The molecule has 1 aliphatic heterocycles. The van der Waals surface area contributed by atoms with Crippen LogP contribution in [-0.2, 0) is 0 Å². The third-order valence-corrected chi connectivity index (χ3v) is 5.60. The summed E-state index contributed by atoms with van der Waals surface area (Å²) in [6, 6.07) is 0. The van der Waals surface area contributed by atoms with E-state index in [4.69, 9.17) is 0 Å². The average Bonchev–Trinajstić information content (AvgIpc) is 2.84. The van der Waals surface area contributed by atoms with Gasteiger partial charge in [-0.2, -0.15) is 0 Å². The molecule has 2 nitrogen and oxygen atoms in total.